The molecule has 0 fully saturated rings. The molecule has 2 heterocycles. The second kappa shape index (κ2) is 5.44. The van der Waals surface area contributed by atoms with Crippen LogP contribution < -0.4 is 10.9 Å². The Hall–Kier alpha value is -2.96. The van der Waals surface area contributed by atoms with Crippen LogP contribution in [0.25, 0.3) is 16.7 Å². The summed E-state index contributed by atoms with van der Waals surface area (Å²) >= 11 is 0. The Bertz CT molecular complexity index is 895. The Morgan fingerprint density at radius 3 is 2.68 bits per heavy atom. The van der Waals surface area contributed by atoms with E-state index in [2.05, 4.69) is 15.4 Å². The first-order valence-corrected chi connectivity index (χ1v) is 6.91. The summed E-state index contributed by atoms with van der Waals surface area (Å²) in [4.78, 5) is 28.8. The van der Waals surface area contributed by atoms with Crippen LogP contribution in [0.1, 0.15) is 17.4 Å². The van der Waals surface area contributed by atoms with Crippen molar-refractivity contribution in [3.05, 3.63) is 52.7 Å². The summed E-state index contributed by atoms with van der Waals surface area (Å²) in [6.45, 7) is 2.30. The van der Waals surface area contributed by atoms with E-state index in [4.69, 9.17) is 0 Å². The highest BCUT2D eigenvalue weighted by Gasteiger charge is 2.21. The maximum atomic E-state index is 12.4. The topological polar surface area (TPSA) is 81.8 Å². The summed E-state index contributed by atoms with van der Waals surface area (Å²) in [6, 6.07) is 9.20. The highest BCUT2D eigenvalue weighted by molar-refractivity contribution is 6.03. The number of benzene rings is 1. The number of para-hydroxylation sites is 1. The lowest BCUT2D eigenvalue weighted by Gasteiger charge is -2.02. The molecule has 1 aromatic carbocycles. The Morgan fingerprint density at radius 2 is 2.00 bits per heavy atom. The van der Waals surface area contributed by atoms with Crippen LogP contribution in [0.4, 0.5) is 0 Å². The van der Waals surface area contributed by atoms with Gasteiger partial charge in [-0.3, -0.25) is 9.59 Å². The molecule has 0 aliphatic carbocycles. The first kappa shape index (κ1) is 14.0. The molecule has 0 saturated heterocycles. The third-order valence-corrected chi connectivity index (χ3v) is 3.30. The van der Waals surface area contributed by atoms with Crippen molar-refractivity contribution in [3.63, 3.8) is 0 Å². The monoisotopic (exact) mass is 297 g/mol. The van der Waals surface area contributed by atoms with Crippen molar-refractivity contribution in [3.8, 4) is 5.69 Å². The fourth-order valence-electron chi connectivity index (χ4n) is 2.24. The predicted molar refractivity (Wildman–Crippen MR) is 82.1 cm³/mol. The van der Waals surface area contributed by atoms with Crippen molar-refractivity contribution >= 4 is 16.9 Å². The smallest absolute Gasteiger partial charge is 0.279 e. The lowest BCUT2D eigenvalue weighted by molar-refractivity contribution is 0.0952. The number of nitrogens with one attached hydrogen (secondary N) is 1. The van der Waals surface area contributed by atoms with E-state index < -0.39 is 0 Å². The van der Waals surface area contributed by atoms with E-state index in [0.717, 1.165) is 0 Å². The van der Waals surface area contributed by atoms with E-state index in [1.54, 1.807) is 7.05 Å². The van der Waals surface area contributed by atoms with Gasteiger partial charge in [0.25, 0.3) is 11.5 Å². The number of fused-ring (bicyclic) bond motifs is 1. The molecule has 0 aliphatic rings. The van der Waals surface area contributed by atoms with Crippen LogP contribution in [-0.2, 0) is 7.05 Å². The summed E-state index contributed by atoms with van der Waals surface area (Å²) in [5.74, 6) is -0.345. The van der Waals surface area contributed by atoms with E-state index in [0.29, 0.717) is 17.7 Å². The van der Waals surface area contributed by atoms with Gasteiger partial charge in [-0.25, -0.2) is 9.67 Å². The SMILES string of the molecule is CCNC(=O)c1nn(-c2ccccc2)c2c(=O)n(C)cnc12. The van der Waals surface area contributed by atoms with E-state index >= 15 is 0 Å². The number of carbonyl (C=O) groups is 1. The fraction of sp³-hybridized carbons (Fsp3) is 0.200. The Morgan fingerprint density at radius 1 is 1.27 bits per heavy atom. The minimum absolute atomic E-state index is 0.151. The molecule has 0 atom stereocenters. The third-order valence-electron chi connectivity index (χ3n) is 3.30. The molecule has 0 unspecified atom stereocenters. The quantitative estimate of drug-likeness (QED) is 0.777. The van der Waals surface area contributed by atoms with Crippen LogP contribution in [0.5, 0.6) is 0 Å². The molecule has 0 radical (unpaired) electrons. The van der Waals surface area contributed by atoms with Crippen LogP contribution in [-0.4, -0.2) is 31.8 Å². The maximum Gasteiger partial charge on any atom is 0.279 e. The van der Waals surface area contributed by atoms with Gasteiger partial charge in [-0.15, -0.1) is 0 Å². The number of aromatic nitrogens is 4. The van der Waals surface area contributed by atoms with Gasteiger partial charge in [0.1, 0.15) is 5.52 Å². The maximum absolute atomic E-state index is 12.4. The number of hydrogen-bond donors (Lipinski definition) is 1. The zero-order chi connectivity index (χ0) is 15.7. The predicted octanol–water partition coefficient (Wildman–Crippen LogP) is 0.869. The average molecular weight is 297 g/mol. The van der Waals surface area contributed by atoms with Gasteiger partial charge in [0, 0.05) is 13.6 Å². The van der Waals surface area contributed by atoms with Gasteiger partial charge in [-0.05, 0) is 19.1 Å². The number of nitrogens with zero attached hydrogens (tertiary/aromatic N) is 4. The molecule has 0 saturated carbocycles. The molecular formula is C15H15N5O2. The molecule has 1 N–H and O–H groups in total. The van der Waals surface area contributed by atoms with Crippen LogP contribution >= 0.6 is 0 Å². The van der Waals surface area contributed by atoms with Crippen LogP contribution in [0.3, 0.4) is 0 Å². The second-order valence-corrected chi connectivity index (χ2v) is 4.81. The lowest BCUT2D eigenvalue weighted by atomic mass is 10.3. The second-order valence-electron chi connectivity index (χ2n) is 4.81. The molecular weight excluding hydrogens is 282 g/mol. The largest absolute Gasteiger partial charge is 0.351 e. The van der Waals surface area contributed by atoms with E-state index in [9.17, 15) is 9.59 Å². The lowest BCUT2D eigenvalue weighted by Crippen LogP contribution is -2.23. The number of carbonyl (C=O) groups excluding carboxylic acids is 1. The van der Waals surface area contributed by atoms with Crippen molar-refractivity contribution < 1.29 is 4.79 Å². The summed E-state index contributed by atoms with van der Waals surface area (Å²) in [7, 11) is 1.61. The first-order chi connectivity index (χ1) is 10.6. The highest BCUT2D eigenvalue weighted by Crippen LogP contribution is 2.17. The van der Waals surface area contributed by atoms with Crippen molar-refractivity contribution in [2.75, 3.05) is 6.54 Å². The Kier molecular flexibility index (Phi) is 3.46. The number of hydrogen-bond acceptors (Lipinski definition) is 4. The van der Waals surface area contributed by atoms with Gasteiger partial charge >= 0.3 is 0 Å². The van der Waals surface area contributed by atoms with E-state index in [-0.39, 0.29) is 22.7 Å². The normalized spacial score (nSPS) is 10.8. The Balaban J connectivity index is 2.35. The number of rotatable bonds is 3. The molecule has 0 spiro atoms. The van der Waals surface area contributed by atoms with Crippen molar-refractivity contribution in [1.29, 1.82) is 0 Å². The van der Waals surface area contributed by atoms with E-state index in [1.807, 2.05) is 37.3 Å². The first-order valence-electron chi connectivity index (χ1n) is 6.91. The van der Waals surface area contributed by atoms with Gasteiger partial charge in [0.15, 0.2) is 11.2 Å². The molecule has 7 heteroatoms. The number of amides is 1. The van der Waals surface area contributed by atoms with E-state index in [1.165, 1.54) is 15.6 Å². The molecule has 3 aromatic rings. The van der Waals surface area contributed by atoms with Gasteiger partial charge in [-0.1, -0.05) is 18.2 Å². The average Bonchev–Trinajstić information content (AvgIpc) is 2.92. The Labute approximate surface area is 126 Å². The summed E-state index contributed by atoms with van der Waals surface area (Å²) in [6.07, 6.45) is 1.39. The van der Waals surface area contributed by atoms with Crippen molar-refractivity contribution in [1.82, 2.24) is 24.6 Å². The third kappa shape index (κ3) is 2.16. The van der Waals surface area contributed by atoms with Gasteiger partial charge < -0.3 is 9.88 Å². The van der Waals surface area contributed by atoms with Gasteiger partial charge in [-0.2, -0.15) is 5.10 Å². The molecule has 7 nitrogen and oxygen atoms in total. The minimum atomic E-state index is -0.345. The molecule has 22 heavy (non-hydrogen) atoms. The summed E-state index contributed by atoms with van der Waals surface area (Å²) in [5, 5.41) is 7.00. The fourth-order valence-corrected chi connectivity index (χ4v) is 2.24. The molecule has 3 rings (SSSR count). The molecule has 1 amide bonds. The molecule has 2 aromatic heterocycles. The number of aryl methyl sites for hydroxylation is 1. The molecule has 112 valence electrons. The van der Waals surface area contributed by atoms with Crippen LogP contribution in [0.2, 0.25) is 0 Å². The summed E-state index contributed by atoms with van der Waals surface area (Å²) < 4.78 is 2.83. The standard InChI is InChI=1S/C15H15N5O2/c1-3-16-14(21)12-11-13(15(22)19(2)9-17-11)20(18-12)10-7-5-4-6-8-10/h4-9H,3H2,1-2H3,(H,16,21). The zero-order valence-electron chi connectivity index (χ0n) is 12.3. The van der Waals surface area contributed by atoms with Gasteiger partial charge in [0.2, 0.25) is 0 Å². The minimum Gasteiger partial charge on any atom is -0.351 e. The zero-order valence-corrected chi connectivity index (χ0v) is 12.3. The van der Waals surface area contributed by atoms with Crippen LogP contribution in [0.15, 0.2) is 41.5 Å². The van der Waals surface area contributed by atoms with Gasteiger partial charge in [0.05, 0.1) is 12.0 Å². The summed E-state index contributed by atoms with van der Waals surface area (Å²) in [5.41, 5.74) is 1.19. The molecule has 0 bridgehead atoms. The van der Waals surface area contributed by atoms with Crippen LogP contribution in [0, 0.1) is 0 Å². The van der Waals surface area contributed by atoms with Crippen molar-refractivity contribution in [2.45, 2.75) is 6.92 Å². The molecule has 0 aliphatic heterocycles. The van der Waals surface area contributed by atoms with Crippen molar-refractivity contribution in [2.24, 2.45) is 7.05 Å². The highest BCUT2D eigenvalue weighted by atomic mass is 16.2.